The Morgan fingerprint density at radius 3 is 2.28 bits per heavy atom. The number of amides is 2. The second-order valence-electron chi connectivity index (χ2n) is 10.5. The average molecular weight is 525 g/mol. The molecule has 1 fully saturated rings. The van der Waals surface area contributed by atoms with Gasteiger partial charge in [0.05, 0.1) is 13.0 Å². The van der Waals surface area contributed by atoms with Gasteiger partial charge in [0.25, 0.3) is 5.91 Å². The number of hydrogen-bond acceptors (Lipinski definition) is 4. The zero-order valence-corrected chi connectivity index (χ0v) is 22.9. The van der Waals surface area contributed by atoms with Crippen LogP contribution in [0.25, 0.3) is 0 Å². The minimum Gasteiger partial charge on any atom is -0.497 e. The molecule has 3 aromatic rings. The summed E-state index contributed by atoms with van der Waals surface area (Å²) in [5.41, 5.74) is 1.36. The van der Waals surface area contributed by atoms with Crippen molar-refractivity contribution < 1.29 is 19.1 Å². The Morgan fingerprint density at radius 2 is 1.62 bits per heavy atom. The van der Waals surface area contributed by atoms with Gasteiger partial charge in [0, 0.05) is 35.2 Å². The molecule has 0 aliphatic carbocycles. The van der Waals surface area contributed by atoms with Gasteiger partial charge in [-0.1, -0.05) is 87.4 Å². The number of nitrogens with zero attached hydrogens (tertiary/aromatic N) is 1. The van der Waals surface area contributed by atoms with E-state index in [2.05, 4.69) is 12.2 Å². The number of anilines is 1. The second kappa shape index (κ2) is 11.0. The van der Waals surface area contributed by atoms with E-state index in [1.807, 2.05) is 73.7 Å². The number of carbonyl (C=O) groups excluding carboxylic acids is 3. The van der Waals surface area contributed by atoms with Gasteiger partial charge >= 0.3 is 0 Å². The van der Waals surface area contributed by atoms with Crippen LogP contribution in [0.3, 0.4) is 0 Å². The first-order valence-electron chi connectivity index (χ1n) is 13.9. The number of methoxy groups -OCH3 is 1. The van der Waals surface area contributed by atoms with Crippen molar-refractivity contribution in [3.8, 4) is 5.75 Å². The standard InChI is InChI=1S/C33H36N2O4/c1-4-6-8-17-28(36)35-27(5-2)29(22-18-20-24(39-3)21-19-22)30(31(37)23-13-9-7-10-14-23)33(35)25-15-11-12-16-26(25)34-32(33)38/h7,9-16,18-21,27,29-30H,4-6,8,17H2,1-3H3,(H,34,38). The Bertz CT molecular complexity index is 1350. The monoisotopic (exact) mass is 524 g/mol. The summed E-state index contributed by atoms with van der Waals surface area (Å²) in [7, 11) is 1.62. The highest BCUT2D eigenvalue weighted by molar-refractivity contribution is 6.14. The van der Waals surface area contributed by atoms with Crippen molar-refractivity contribution in [2.75, 3.05) is 12.4 Å². The fourth-order valence-electron chi connectivity index (χ4n) is 6.71. The van der Waals surface area contributed by atoms with E-state index in [1.54, 1.807) is 24.1 Å². The predicted molar refractivity (Wildman–Crippen MR) is 152 cm³/mol. The molecule has 1 N–H and O–H groups in total. The lowest BCUT2D eigenvalue weighted by molar-refractivity contribution is -0.146. The summed E-state index contributed by atoms with van der Waals surface area (Å²) in [6.07, 6.45) is 3.60. The molecule has 3 aromatic carbocycles. The third-order valence-corrected chi connectivity index (χ3v) is 8.39. The van der Waals surface area contributed by atoms with Crippen LogP contribution in [0.15, 0.2) is 78.9 Å². The number of ether oxygens (including phenoxy) is 1. The van der Waals surface area contributed by atoms with Crippen LogP contribution in [-0.2, 0) is 15.1 Å². The van der Waals surface area contributed by atoms with Crippen molar-refractivity contribution in [3.63, 3.8) is 0 Å². The predicted octanol–water partition coefficient (Wildman–Crippen LogP) is 6.33. The van der Waals surface area contributed by atoms with E-state index >= 15 is 0 Å². The molecule has 6 heteroatoms. The van der Waals surface area contributed by atoms with E-state index in [0.717, 1.165) is 24.8 Å². The molecule has 0 bridgehead atoms. The van der Waals surface area contributed by atoms with Crippen molar-refractivity contribution >= 4 is 23.3 Å². The van der Waals surface area contributed by atoms with E-state index in [1.165, 1.54) is 0 Å². The fraction of sp³-hybridized carbons (Fsp3) is 0.364. The molecule has 0 radical (unpaired) electrons. The Labute approximate surface area is 230 Å². The van der Waals surface area contributed by atoms with Crippen LogP contribution < -0.4 is 10.1 Å². The third kappa shape index (κ3) is 4.32. The lowest BCUT2D eigenvalue weighted by atomic mass is 9.69. The molecular formula is C33H36N2O4. The molecular weight excluding hydrogens is 488 g/mol. The van der Waals surface area contributed by atoms with Crippen LogP contribution in [0.2, 0.25) is 0 Å². The summed E-state index contributed by atoms with van der Waals surface area (Å²) in [6.45, 7) is 4.14. The van der Waals surface area contributed by atoms with Crippen LogP contribution >= 0.6 is 0 Å². The number of fused-ring (bicyclic) bond motifs is 2. The number of nitrogens with one attached hydrogen (secondary N) is 1. The molecule has 1 spiro atoms. The molecule has 2 amide bonds. The fourth-order valence-corrected chi connectivity index (χ4v) is 6.71. The van der Waals surface area contributed by atoms with Gasteiger partial charge in [-0.2, -0.15) is 0 Å². The molecule has 2 aliphatic heterocycles. The van der Waals surface area contributed by atoms with Gasteiger partial charge in [-0.05, 0) is 36.6 Å². The van der Waals surface area contributed by atoms with Crippen molar-refractivity contribution in [1.82, 2.24) is 4.90 Å². The van der Waals surface area contributed by atoms with Gasteiger partial charge in [0.15, 0.2) is 11.3 Å². The first kappa shape index (κ1) is 26.7. The van der Waals surface area contributed by atoms with Crippen LogP contribution in [-0.4, -0.2) is 35.6 Å². The summed E-state index contributed by atoms with van der Waals surface area (Å²) in [4.78, 5) is 44.9. The summed E-state index contributed by atoms with van der Waals surface area (Å²) in [5, 5.41) is 3.05. The summed E-state index contributed by atoms with van der Waals surface area (Å²) >= 11 is 0. The van der Waals surface area contributed by atoms with Gasteiger partial charge in [0.1, 0.15) is 5.75 Å². The van der Waals surface area contributed by atoms with Gasteiger partial charge < -0.3 is 15.0 Å². The maximum absolute atomic E-state index is 14.6. The number of benzene rings is 3. The number of Topliss-reactive ketones (excluding diaryl/α,β-unsaturated/α-hetero) is 1. The first-order valence-corrected chi connectivity index (χ1v) is 13.9. The largest absolute Gasteiger partial charge is 0.497 e. The number of ketones is 1. The van der Waals surface area contributed by atoms with E-state index in [0.29, 0.717) is 35.4 Å². The lowest BCUT2D eigenvalue weighted by Gasteiger charge is -2.39. The molecule has 2 heterocycles. The third-order valence-electron chi connectivity index (χ3n) is 8.39. The van der Waals surface area contributed by atoms with Crippen LogP contribution in [0.5, 0.6) is 5.75 Å². The van der Waals surface area contributed by atoms with Crippen molar-refractivity contribution in [2.45, 2.75) is 63.5 Å². The van der Waals surface area contributed by atoms with E-state index in [9.17, 15) is 14.4 Å². The summed E-state index contributed by atoms with van der Waals surface area (Å²) < 4.78 is 5.40. The Balaban J connectivity index is 1.78. The molecule has 39 heavy (non-hydrogen) atoms. The number of para-hydroxylation sites is 1. The molecule has 2 aliphatic rings. The summed E-state index contributed by atoms with van der Waals surface area (Å²) in [6, 6.07) is 24.0. The molecule has 5 rings (SSSR count). The molecule has 1 saturated heterocycles. The molecule has 4 atom stereocenters. The number of unbranched alkanes of at least 4 members (excludes halogenated alkanes) is 2. The van der Waals surface area contributed by atoms with Crippen molar-refractivity contribution in [1.29, 1.82) is 0 Å². The highest BCUT2D eigenvalue weighted by Crippen LogP contribution is 2.59. The Morgan fingerprint density at radius 1 is 0.923 bits per heavy atom. The van der Waals surface area contributed by atoms with Crippen molar-refractivity contribution in [3.05, 3.63) is 95.6 Å². The number of carbonyl (C=O) groups is 3. The maximum atomic E-state index is 14.6. The number of hydrogen-bond donors (Lipinski definition) is 1. The van der Waals surface area contributed by atoms with E-state index in [-0.39, 0.29) is 29.6 Å². The zero-order chi connectivity index (χ0) is 27.6. The Hall–Kier alpha value is -3.93. The molecule has 6 nitrogen and oxygen atoms in total. The van der Waals surface area contributed by atoms with E-state index in [4.69, 9.17) is 4.74 Å². The number of likely N-dealkylation sites (tertiary alicyclic amines) is 1. The lowest BCUT2D eigenvalue weighted by Crippen LogP contribution is -2.56. The van der Waals surface area contributed by atoms with Gasteiger partial charge in [-0.3, -0.25) is 14.4 Å². The minimum absolute atomic E-state index is 0.0796. The molecule has 202 valence electrons. The molecule has 0 saturated carbocycles. The molecule has 4 unspecified atom stereocenters. The van der Waals surface area contributed by atoms with Crippen LogP contribution in [0, 0.1) is 5.92 Å². The second-order valence-corrected chi connectivity index (χ2v) is 10.5. The van der Waals surface area contributed by atoms with Gasteiger partial charge in [0.2, 0.25) is 5.91 Å². The van der Waals surface area contributed by atoms with Crippen LogP contribution in [0.1, 0.15) is 73.4 Å². The topological polar surface area (TPSA) is 75.7 Å². The quantitative estimate of drug-likeness (QED) is 0.262. The Kier molecular flexibility index (Phi) is 7.56. The minimum atomic E-state index is -1.45. The summed E-state index contributed by atoms with van der Waals surface area (Å²) in [5.74, 6) is -1.01. The smallest absolute Gasteiger partial charge is 0.255 e. The molecule has 0 aromatic heterocycles. The zero-order valence-electron chi connectivity index (χ0n) is 22.9. The normalized spacial score (nSPS) is 23.5. The van der Waals surface area contributed by atoms with Gasteiger partial charge in [-0.25, -0.2) is 0 Å². The van der Waals surface area contributed by atoms with E-state index < -0.39 is 11.5 Å². The highest BCUT2D eigenvalue weighted by atomic mass is 16.5. The van der Waals surface area contributed by atoms with Crippen molar-refractivity contribution in [2.24, 2.45) is 5.92 Å². The average Bonchev–Trinajstić information content (AvgIpc) is 3.45. The highest BCUT2D eigenvalue weighted by Gasteiger charge is 2.69. The maximum Gasteiger partial charge on any atom is 0.255 e. The first-order chi connectivity index (χ1) is 19.0. The van der Waals surface area contributed by atoms with Crippen LogP contribution in [0.4, 0.5) is 5.69 Å². The van der Waals surface area contributed by atoms with Gasteiger partial charge in [-0.15, -0.1) is 0 Å². The number of rotatable bonds is 9. The SMILES string of the molecule is CCCCCC(=O)N1C(CC)C(c2ccc(OC)cc2)C(C(=O)c2ccccc2)C12C(=O)Nc1ccccc12.